The van der Waals surface area contributed by atoms with Gasteiger partial charge in [0.25, 0.3) is 0 Å². The maximum atomic E-state index is 12.0. The third kappa shape index (κ3) is 4.55. The van der Waals surface area contributed by atoms with Gasteiger partial charge in [-0.25, -0.2) is 4.79 Å². The normalized spacial score (nSPS) is 15.8. The minimum atomic E-state index is 0.0291. The van der Waals surface area contributed by atoms with E-state index in [9.17, 15) is 4.79 Å². The molecule has 1 aliphatic rings. The van der Waals surface area contributed by atoms with Gasteiger partial charge >= 0.3 is 6.03 Å². The summed E-state index contributed by atoms with van der Waals surface area (Å²) in [6, 6.07) is 4.05. The molecule has 1 aromatic heterocycles. The molecule has 1 saturated heterocycles. The van der Waals surface area contributed by atoms with Crippen molar-refractivity contribution in [3.63, 3.8) is 0 Å². The van der Waals surface area contributed by atoms with Crippen LogP contribution in [0.3, 0.4) is 0 Å². The fourth-order valence-corrected chi connectivity index (χ4v) is 2.92. The topological polar surface area (TPSA) is 41.6 Å². The average Bonchev–Trinajstić information content (AvgIpc) is 2.99. The zero-order chi connectivity index (χ0) is 14.2. The molecular weight excluding hydrogens is 272 g/mol. The van der Waals surface area contributed by atoms with Crippen molar-refractivity contribution in [3.8, 4) is 12.3 Å². The van der Waals surface area contributed by atoms with E-state index in [4.69, 9.17) is 11.2 Å². The second-order valence-corrected chi connectivity index (χ2v) is 5.92. The van der Waals surface area contributed by atoms with E-state index in [-0.39, 0.29) is 6.03 Å². The lowest BCUT2D eigenvalue weighted by Crippen LogP contribution is -2.44. The van der Waals surface area contributed by atoms with E-state index in [0.717, 1.165) is 25.9 Å². The van der Waals surface area contributed by atoms with Crippen LogP contribution in [-0.2, 0) is 11.3 Å². The molecule has 1 fully saturated rings. The molecule has 0 radical (unpaired) electrons. The van der Waals surface area contributed by atoms with Crippen LogP contribution >= 0.6 is 11.3 Å². The number of ether oxygens (including phenoxy) is 1. The quantitative estimate of drug-likeness (QED) is 0.668. The van der Waals surface area contributed by atoms with E-state index in [1.165, 1.54) is 4.88 Å². The molecule has 1 aromatic rings. The van der Waals surface area contributed by atoms with Crippen LogP contribution in [0.25, 0.3) is 0 Å². The van der Waals surface area contributed by atoms with E-state index in [0.29, 0.717) is 25.7 Å². The Balaban J connectivity index is 1.65. The minimum absolute atomic E-state index is 0.0291. The van der Waals surface area contributed by atoms with Crippen molar-refractivity contribution in [2.75, 3.05) is 26.3 Å². The number of hydrogen-bond acceptors (Lipinski definition) is 3. The Morgan fingerprint density at radius 2 is 2.35 bits per heavy atom. The minimum Gasteiger partial charge on any atom is -0.369 e. The number of thiophene rings is 1. The van der Waals surface area contributed by atoms with Gasteiger partial charge in [0, 0.05) is 18.0 Å². The summed E-state index contributed by atoms with van der Waals surface area (Å²) >= 11 is 1.66. The predicted molar refractivity (Wildman–Crippen MR) is 80.5 cm³/mol. The SMILES string of the molecule is C#CCOCC1CCN(C(=O)NCc2cccs2)CC1. The lowest BCUT2D eigenvalue weighted by atomic mass is 9.98. The molecule has 0 unspecified atom stereocenters. The highest BCUT2D eigenvalue weighted by Crippen LogP contribution is 2.17. The van der Waals surface area contributed by atoms with Gasteiger partial charge in [0.1, 0.15) is 6.61 Å². The van der Waals surface area contributed by atoms with Gasteiger partial charge in [-0.3, -0.25) is 0 Å². The van der Waals surface area contributed by atoms with Crippen LogP contribution in [0.2, 0.25) is 0 Å². The van der Waals surface area contributed by atoms with Gasteiger partial charge in [-0.05, 0) is 30.2 Å². The standard InChI is InChI=1S/C15H20N2O2S/c1-2-9-19-12-13-5-7-17(8-6-13)15(18)16-11-14-4-3-10-20-14/h1,3-4,10,13H,5-9,11-12H2,(H,16,18). The highest BCUT2D eigenvalue weighted by atomic mass is 32.1. The number of rotatable bonds is 5. The zero-order valence-electron chi connectivity index (χ0n) is 11.5. The molecule has 2 rings (SSSR count). The maximum Gasteiger partial charge on any atom is 0.317 e. The Hall–Kier alpha value is -1.51. The zero-order valence-corrected chi connectivity index (χ0v) is 12.3. The summed E-state index contributed by atoms with van der Waals surface area (Å²) in [6.07, 6.45) is 7.11. The Morgan fingerprint density at radius 1 is 1.55 bits per heavy atom. The van der Waals surface area contributed by atoms with Gasteiger partial charge in [-0.1, -0.05) is 12.0 Å². The molecule has 0 spiro atoms. The first kappa shape index (κ1) is 14.9. The van der Waals surface area contributed by atoms with Gasteiger partial charge < -0.3 is 15.0 Å². The van der Waals surface area contributed by atoms with Crippen LogP contribution in [0.5, 0.6) is 0 Å². The molecule has 2 amide bonds. The number of terminal acetylenes is 1. The van der Waals surface area contributed by atoms with Crippen LogP contribution in [0.1, 0.15) is 17.7 Å². The molecule has 20 heavy (non-hydrogen) atoms. The summed E-state index contributed by atoms with van der Waals surface area (Å²) in [7, 11) is 0. The fraction of sp³-hybridized carbons (Fsp3) is 0.533. The highest BCUT2D eigenvalue weighted by Gasteiger charge is 2.22. The smallest absolute Gasteiger partial charge is 0.317 e. The molecule has 5 heteroatoms. The van der Waals surface area contributed by atoms with Gasteiger partial charge in [0.2, 0.25) is 0 Å². The molecule has 4 nitrogen and oxygen atoms in total. The molecule has 108 valence electrons. The molecule has 0 atom stereocenters. The van der Waals surface area contributed by atoms with Gasteiger partial charge in [-0.2, -0.15) is 0 Å². The van der Waals surface area contributed by atoms with Gasteiger partial charge in [0.15, 0.2) is 0 Å². The summed E-state index contributed by atoms with van der Waals surface area (Å²) in [5, 5.41) is 4.98. The van der Waals surface area contributed by atoms with Crippen molar-refractivity contribution in [2.24, 2.45) is 5.92 Å². The van der Waals surface area contributed by atoms with Crippen molar-refractivity contribution in [1.29, 1.82) is 0 Å². The van der Waals surface area contributed by atoms with Gasteiger partial charge in [0.05, 0.1) is 13.2 Å². The lowest BCUT2D eigenvalue weighted by molar-refractivity contribution is 0.0911. The van der Waals surface area contributed by atoms with Crippen LogP contribution in [0.4, 0.5) is 4.79 Å². The lowest BCUT2D eigenvalue weighted by Gasteiger charge is -2.31. The molecule has 1 aliphatic heterocycles. The Morgan fingerprint density at radius 3 is 3.00 bits per heavy atom. The number of carbonyl (C=O) groups is 1. The summed E-state index contributed by atoms with van der Waals surface area (Å²) in [5.74, 6) is 2.99. The first-order valence-electron chi connectivity index (χ1n) is 6.86. The molecule has 0 aromatic carbocycles. The predicted octanol–water partition coefficient (Wildman–Crippen LogP) is 2.32. The van der Waals surface area contributed by atoms with Crippen LogP contribution in [0, 0.1) is 18.3 Å². The number of urea groups is 1. The summed E-state index contributed by atoms with van der Waals surface area (Å²) in [6.45, 7) is 3.28. The largest absolute Gasteiger partial charge is 0.369 e. The van der Waals surface area contributed by atoms with E-state index in [1.807, 2.05) is 22.4 Å². The summed E-state index contributed by atoms with van der Waals surface area (Å²) in [5.41, 5.74) is 0. The number of nitrogens with one attached hydrogen (secondary N) is 1. The van der Waals surface area contributed by atoms with E-state index >= 15 is 0 Å². The number of amides is 2. The van der Waals surface area contributed by atoms with Crippen molar-refractivity contribution < 1.29 is 9.53 Å². The summed E-state index contributed by atoms with van der Waals surface area (Å²) < 4.78 is 5.36. The molecular formula is C15H20N2O2S. The first-order chi connectivity index (χ1) is 9.79. The monoisotopic (exact) mass is 292 g/mol. The van der Waals surface area contributed by atoms with E-state index in [2.05, 4.69) is 11.2 Å². The van der Waals surface area contributed by atoms with Gasteiger partial charge in [-0.15, -0.1) is 17.8 Å². The van der Waals surface area contributed by atoms with Crippen LogP contribution in [0.15, 0.2) is 17.5 Å². The third-order valence-corrected chi connectivity index (χ3v) is 4.31. The Kier molecular flexibility index (Phi) is 5.90. The Bertz CT molecular complexity index is 445. The average molecular weight is 292 g/mol. The number of nitrogens with zero attached hydrogens (tertiary/aromatic N) is 1. The van der Waals surface area contributed by atoms with E-state index < -0.39 is 0 Å². The maximum absolute atomic E-state index is 12.0. The fourth-order valence-electron chi connectivity index (χ4n) is 2.27. The van der Waals surface area contributed by atoms with Crippen molar-refractivity contribution in [1.82, 2.24) is 10.2 Å². The number of piperidine rings is 1. The number of carbonyl (C=O) groups excluding carboxylic acids is 1. The van der Waals surface area contributed by atoms with Crippen molar-refractivity contribution >= 4 is 17.4 Å². The third-order valence-electron chi connectivity index (χ3n) is 3.43. The second kappa shape index (κ2) is 7.93. The van der Waals surface area contributed by atoms with E-state index in [1.54, 1.807) is 11.3 Å². The summed E-state index contributed by atoms with van der Waals surface area (Å²) in [4.78, 5) is 15.1. The van der Waals surface area contributed by atoms with Crippen molar-refractivity contribution in [3.05, 3.63) is 22.4 Å². The number of likely N-dealkylation sites (tertiary alicyclic amines) is 1. The highest BCUT2D eigenvalue weighted by molar-refractivity contribution is 7.09. The molecule has 0 saturated carbocycles. The van der Waals surface area contributed by atoms with Crippen LogP contribution in [-0.4, -0.2) is 37.2 Å². The molecule has 1 N–H and O–H groups in total. The first-order valence-corrected chi connectivity index (χ1v) is 7.74. The Labute approximate surface area is 124 Å². The molecule has 0 bridgehead atoms. The molecule has 0 aliphatic carbocycles. The molecule has 2 heterocycles. The number of hydrogen-bond donors (Lipinski definition) is 1. The second-order valence-electron chi connectivity index (χ2n) is 4.89. The van der Waals surface area contributed by atoms with Crippen molar-refractivity contribution in [2.45, 2.75) is 19.4 Å². The van der Waals surface area contributed by atoms with Crippen LogP contribution < -0.4 is 5.32 Å².